The maximum absolute atomic E-state index is 11.6. The monoisotopic (exact) mass is 263 g/mol. The Labute approximate surface area is 111 Å². The fourth-order valence-corrected chi connectivity index (χ4v) is 1.94. The van der Waals surface area contributed by atoms with Gasteiger partial charge >= 0.3 is 5.97 Å². The van der Waals surface area contributed by atoms with Crippen molar-refractivity contribution < 1.29 is 19.4 Å². The van der Waals surface area contributed by atoms with Gasteiger partial charge in [0.25, 0.3) is 0 Å². The molecule has 2 atom stereocenters. The van der Waals surface area contributed by atoms with Gasteiger partial charge in [-0.05, 0) is 25.0 Å². The number of hydrogen-bond acceptors (Lipinski definition) is 3. The molecule has 2 rings (SSSR count). The zero-order valence-corrected chi connectivity index (χ0v) is 10.8. The quantitative estimate of drug-likeness (QED) is 0.756. The van der Waals surface area contributed by atoms with Gasteiger partial charge in [-0.2, -0.15) is 0 Å². The Balaban J connectivity index is 1.66. The number of carboxylic acids is 1. The number of carbonyl (C=O) groups excluding carboxylic acids is 1. The smallest absolute Gasteiger partial charge is 0.307 e. The first-order chi connectivity index (χ1) is 9.09. The minimum atomic E-state index is -0.892. The average molecular weight is 263 g/mol. The van der Waals surface area contributed by atoms with Crippen LogP contribution >= 0.6 is 0 Å². The second-order valence-corrected chi connectivity index (χ2v) is 4.69. The molecule has 0 saturated heterocycles. The van der Waals surface area contributed by atoms with Gasteiger partial charge in [0.05, 0.1) is 18.4 Å². The Morgan fingerprint density at radius 1 is 1.37 bits per heavy atom. The van der Waals surface area contributed by atoms with Gasteiger partial charge in [0.1, 0.15) is 12.4 Å². The Morgan fingerprint density at radius 2 is 2.11 bits per heavy atom. The van der Waals surface area contributed by atoms with Crippen molar-refractivity contribution in [2.24, 2.45) is 11.8 Å². The molecule has 1 aliphatic carbocycles. The molecule has 2 N–H and O–H groups in total. The minimum absolute atomic E-state index is 0.194. The number of ether oxygens (including phenoxy) is 1. The SMILES string of the molecule is Cc1ccccc1OCCNC(=O)C1CC1C(=O)O. The van der Waals surface area contributed by atoms with Crippen molar-refractivity contribution in [3.05, 3.63) is 29.8 Å². The number of para-hydroxylation sites is 1. The zero-order chi connectivity index (χ0) is 13.8. The third kappa shape index (κ3) is 3.47. The standard InChI is InChI=1S/C14H17NO4/c1-9-4-2-3-5-12(9)19-7-6-15-13(16)10-8-11(10)14(17)18/h2-5,10-11H,6-8H2,1H3,(H,15,16)(H,17,18). The fourth-order valence-electron chi connectivity index (χ4n) is 1.94. The summed E-state index contributed by atoms with van der Waals surface area (Å²) >= 11 is 0. The van der Waals surface area contributed by atoms with Crippen LogP contribution in [0.2, 0.25) is 0 Å². The molecule has 0 aliphatic heterocycles. The third-order valence-electron chi connectivity index (χ3n) is 3.20. The van der Waals surface area contributed by atoms with E-state index in [9.17, 15) is 9.59 Å². The van der Waals surface area contributed by atoms with Gasteiger partial charge in [-0.3, -0.25) is 9.59 Å². The summed E-state index contributed by atoms with van der Waals surface area (Å²) in [4.78, 5) is 22.2. The third-order valence-corrected chi connectivity index (χ3v) is 3.20. The number of amides is 1. The molecule has 1 aliphatic rings. The van der Waals surface area contributed by atoms with Crippen molar-refractivity contribution in [1.29, 1.82) is 0 Å². The van der Waals surface area contributed by atoms with Gasteiger partial charge < -0.3 is 15.2 Å². The van der Waals surface area contributed by atoms with Crippen LogP contribution < -0.4 is 10.1 Å². The largest absolute Gasteiger partial charge is 0.491 e. The first-order valence-electron chi connectivity index (χ1n) is 6.28. The van der Waals surface area contributed by atoms with Crippen LogP contribution in [0.5, 0.6) is 5.75 Å². The number of carboxylic acid groups (broad SMARTS) is 1. The van der Waals surface area contributed by atoms with E-state index >= 15 is 0 Å². The van der Waals surface area contributed by atoms with Crippen molar-refractivity contribution in [2.45, 2.75) is 13.3 Å². The van der Waals surface area contributed by atoms with E-state index in [1.54, 1.807) is 0 Å². The molecule has 0 spiro atoms. The van der Waals surface area contributed by atoms with Crippen LogP contribution in [0.25, 0.3) is 0 Å². The zero-order valence-electron chi connectivity index (χ0n) is 10.8. The predicted molar refractivity (Wildman–Crippen MR) is 68.9 cm³/mol. The highest BCUT2D eigenvalue weighted by Gasteiger charge is 2.48. The van der Waals surface area contributed by atoms with Crippen LogP contribution in [-0.2, 0) is 9.59 Å². The molecule has 1 aromatic carbocycles. The number of benzene rings is 1. The number of carbonyl (C=O) groups is 2. The van der Waals surface area contributed by atoms with Crippen LogP contribution in [-0.4, -0.2) is 30.1 Å². The second kappa shape index (κ2) is 5.73. The number of hydrogen-bond donors (Lipinski definition) is 2. The van der Waals surface area contributed by atoms with Crippen molar-refractivity contribution in [2.75, 3.05) is 13.2 Å². The maximum atomic E-state index is 11.6. The van der Waals surface area contributed by atoms with E-state index in [-0.39, 0.29) is 11.8 Å². The van der Waals surface area contributed by atoms with Crippen LogP contribution in [0.15, 0.2) is 24.3 Å². The lowest BCUT2D eigenvalue weighted by atomic mass is 10.2. The van der Waals surface area contributed by atoms with Gasteiger partial charge in [0.15, 0.2) is 0 Å². The maximum Gasteiger partial charge on any atom is 0.307 e. The number of aliphatic carboxylic acids is 1. The molecule has 0 heterocycles. The highest BCUT2D eigenvalue weighted by atomic mass is 16.5. The molecule has 0 bridgehead atoms. The number of aryl methyl sites for hydroxylation is 1. The topological polar surface area (TPSA) is 75.6 Å². The number of rotatable bonds is 6. The lowest BCUT2D eigenvalue weighted by Crippen LogP contribution is -2.30. The van der Waals surface area contributed by atoms with Gasteiger partial charge in [-0.15, -0.1) is 0 Å². The van der Waals surface area contributed by atoms with Crippen molar-refractivity contribution in [3.63, 3.8) is 0 Å². The van der Waals surface area contributed by atoms with Crippen LogP contribution in [0.3, 0.4) is 0 Å². The minimum Gasteiger partial charge on any atom is -0.491 e. The summed E-state index contributed by atoms with van der Waals surface area (Å²) < 4.78 is 5.53. The molecule has 5 nitrogen and oxygen atoms in total. The summed E-state index contributed by atoms with van der Waals surface area (Å²) in [6.45, 7) is 2.71. The second-order valence-electron chi connectivity index (χ2n) is 4.69. The Morgan fingerprint density at radius 3 is 2.74 bits per heavy atom. The molecular formula is C14H17NO4. The van der Waals surface area contributed by atoms with Crippen molar-refractivity contribution in [3.8, 4) is 5.75 Å². The molecule has 102 valence electrons. The van der Waals surface area contributed by atoms with Gasteiger partial charge in [0, 0.05) is 0 Å². The molecule has 1 fully saturated rings. The van der Waals surface area contributed by atoms with Crippen LogP contribution in [0, 0.1) is 18.8 Å². The van der Waals surface area contributed by atoms with Crippen LogP contribution in [0.4, 0.5) is 0 Å². The highest BCUT2D eigenvalue weighted by Crippen LogP contribution is 2.38. The van der Waals surface area contributed by atoms with Crippen molar-refractivity contribution >= 4 is 11.9 Å². The van der Waals surface area contributed by atoms with Crippen LogP contribution in [0.1, 0.15) is 12.0 Å². The molecule has 1 amide bonds. The molecule has 1 saturated carbocycles. The van der Waals surface area contributed by atoms with E-state index in [0.717, 1.165) is 11.3 Å². The summed E-state index contributed by atoms with van der Waals surface area (Å²) in [5.74, 6) is -1.16. The Bertz CT molecular complexity index is 486. The van der Waals surface area contributed by atoms with E-state index < -0.39 is 11.9 Å². The highest BCUT2D eigenvalue weighted by molar-refractivity contribution is 5.89. The molecule has 1 aromatic rings. The van der Waals surface area contributed by atoms with E-state index in [0.29, 0.717) is 19.6 Å². The Hall–Kier alpha value is -2.04. The van der Waals surface area contributed by atoms with E-state index in [1.807, 2.05) is 31.2 Å². The normalized spacial score (nSPS) is 20.7. The Kier molecular flexibility index (Phi) is 4.04. The molecule has 2 unspecified atom stereocenters. The summed E-state index contributed by atoms with van der Waals surface area (Å²) in [5, 5.41) is 11.4. The summed E-state index contributed by atoms with van der Waals surface area (Å²) in [6, 6.07) is 7.65. The molecule has 0 radical (unpaired) electrons. The first kappa shape index (κ1) is 13.4. The van der Waals surface area contributed by atoms with Gasteiger partial charge in [-0.1, -0.05) is 18.2 Å². The summed E-state index contributed by atoms with van der Waals surface area (Å²) in [5.41, 5.74) is 1.04. The molecule has 5 heteroatoms. The van der Waals surface area contributed by atoms with Gasteiger partial charge in [-0.25, -0.2) is 0 Å². The van der Waals surface area contributed by atoms with Gasteiger partial charge in [0.2, 0.25) is 5.91 Å². The van der Waals surface area contributed by atoms with E-state index in [2.05, 4.69) is 5.32 Å². The summed E-state index contributed by atoms with van der Waals surface area (Å²) in [6.07, 6.45) is 0.444. The number of nitrogens with one attached hydrogen (secondary N) is 1. The lowest BCUT2D eigenvalue weighted by molar-refractivity contribution is -0.140. The van der Waals surface area contributed by atoms with E-state index in [4.69, 9.17) is 9.84 Å². The molecule has 0 aromatic heterocycles. The first-order valence-corrected chi connectivity index (χ1v) is 6.28. The van der Waals surface area contributed by atoms with Crippen molar-refractivity contribution in [1.82, 2.24) is 5.32 Å². The molecular weight excluding hydrogens is 246 g/mol. The average Bonchev–Trinajstić information content (AvgIpc) is 3.16. The predicted octanol–water partition coefficient (Wildman–Crippen LogP) is 1.21. The van der Waals surface area contributed by atoms with E-state index in [1.165, 1.54) is 0 Å². The fraction of sp³-hybridized carbons (Fsp3) is 0.429. The lowest BCUT2D eigenvalue weighted by Gasteiger charge is -2.09. The molecule has 19 heavy (non-hydrogen) atoms. The summed E-state index contributed by atoms with van der Waals surface area (Å²) in [7, 11) is 0.